The number of carbonyl (C=O) groups is 1. The zero-order valence-corrected chi connectivity index (χ0v) is 14.9. The number of thiophene rings is 1. The summed E-state index contributed by atoms with van der Waals surface area (Å²) in [5, 5.41) is 5.32. The van der Waals surface area contributed by atoms with E-state index in [0.717, 1.165) is 27.3 Å². The number of anilines is 1. The molecular weight excluding hydrogens is 359 g/mol. The molecule has 4 nitrogen and oxygen atoms in total. The van der Waals surface area contributed by atoms with E-state index in [0.29, 0.717) is 30.3 Å². The molecule has 7 heteroatoms. The second-order valence-corrected chi connectivity index (χ2v) is 7.83. The SMILES string of the molecule is O=C(Nc1ncc(Cc2cccc(F)c2)s1)c1csc2c1CCOC2. The van der Waals surface area contributed by atoms with Crippen molar-refractivity contribution in [1.29, 1.82) is 0 Å². The molecule has 0 fully saturated rings. The van der Waals surface area contributed by atoms with Gasteiger partial charge in [0.1, 0.15) is 5.82 Å². The van der Waals surface area contributed by atoms with Gasteiger partial charge in [0.2, 0.25) is 0 Å². The molecule has 1 aliphatic rings. The zero-order valence-electron chi connectivity index (χ0n) is 13.3. The average molecular weight is 374 g/mol. The van der Waals surface area contributed by atoms with E-state index in [1.165, 1.54) is 23.5 Å². The van der Waals surface area contributed by atoms with Gasteiger partial charge in [-0.2, -0.15) is 0 Å². The van der Waals surface area contributed by atoms with Crippen LogP contribution in [-0.2, 0) is 24.2 Å². The maximum absolute atomic E-state index is 13.3. The molecule has 25 heavy (non-hydrogen) atoms. The van der Waals surface area contributed by atoms with E-state index in [2.05, 4.69) is 10.3 Å². The fraction of sp³-hybridized carbons (Fsp3) is 0.222. The molecule has 3 aromatic rings. The minimum Gasteiger partial charge on any atom is -0.376 e. The molecule has 0 bridgehead atoms. The normalized spacial score (nSPS) is 13.5. The molecule has 1 aliphatic heterocycles. The fourth-order valence-corrected chi connectivity index (χ4v) is 4.66. The quantitative estimate of drug-likeness (QED) is 0.742. The predicted molar refractivity (Wildman–Crippen MR) is 97.0 cm³/mol. The number of carbonyl (C=O) groups excluding carboxylic acids is 1. The highest BCUT2D eigenvalue weighted by atomic mass is 32.1. The average Bonchev–Trinajstić information content (AvgIpc) is 3.21. The maximum atomic E-state index is 13.3. The van der Waals surface area contributed by atoms with Crippen molar-refractivity contribution in [1.82, 2.24) is 4.98 Å². The van der Waals surface area contributed by atoms with E-state index in [-0.39, 0.29) is 11.7 Å². The van der Waals surface area contributed by atoms with Crippen LogP contribution < -0.4 is 5.32 Å². The summed E-state index contributed by atoms with van der Waals surface area (Å²) in [5.41, 5.74) is 2.68. The molecule has 0 unspecified atom stereocenters. The molecule has 0 spiro atoms. The fourth-order valence-electron chi connectivity index (χ4n) is 2.81. The standard InChI is InChI=1S/C18H15FN2O2S2/c19-12-3-1-2-11(6-12)7-13-8-20-18(25-13)21-17(22)15-10-24-16-9-23-5-4-14(15)16/h1-3,6,8,10H,4-5,7,9H2,(H,20,21,22). The molecule has 3 heterocycles. The van der Waals surface area contributed by atoms with Gasteiger partial charge in [-0.1, -0.05) is 12.1 Å². The molecule has 0 radical (unpaired) electrons. The smallest absolute Gasteiger partial charge is 0.258 e. The zero-order chi connectivity index (χ0) is 17.2. The number of aromatic nitrogens is 1. The Hall–Kier alpha value is -2.09. The first-order chi connectivity index (χ1) is 12.2. The third kappa shape index (κ3) is 3.63. The predicted octanol–water partition coefficient (Wildman–Crippen LogP) is 4.26. The highest BCUT2D eigenvalue weighted by Gasteiger charge is 2.21. The van der Waals surface area contributed by atoms with Crippen molar-refractivity contribution in [3.8, 4) is 0 Å². The first kappa shape index (κ1) is 16.4. The third-order valence-corrected chi connectivity index (χ3v) is 5.91. The lowest BCUT2D eigenvalue weighted by Gasteiger charge is -2.13. The number of nitrogens with zero attached hydrogens (tertiary/aromatic N) is 1. The third-order valence-electron chi connectivity index (χ3n) is 4.00. The number of rotatable bonds is 4. The summed E-state index contributed by atoms with van der Waals surface area (Å²) in [6.07, 6.45) is 3.09. The van der Waals surface area contributed by atoms with E-state index in [1.54, 1.807) is 23.6 Å². The lowest BCUT2D eigenvalue weighted by atomic mass is 10.1. The van der Waals surface area contributed by atoms with Crippen LogP contribution in [0, 0.1) is 5.82 Å². The number of amides is 1. The van der Waals surface area contributed by atoms with Gasteiger partial charge in [0.05, 0.1) is 18.8 Å². The number of nitrogens with one attached hydrogen (secondary N) is 1. The number of ether oxygens (including phenoxy) is 1. The van der Waals surface area contributed by atoms with Crippen LogP contribution in [0.1, 0.15) is 31.2 Å². The number of fused-ring (bicyclic) bond motifs is 1. The van der Waals surface area contributed by atoms with Crippen molar-refractivity contribution in [3.05, 3.63) is 68.1 Å². The van der Waals surface area contributed by atoms with Crippen LogP contribution in [0.4, 0.5) is 9.52 Å². The minimum absolute atomic E-state index is 0.133. The van der Waals surface area contributed by atoms with E-state index in [1.807, 2.05) is 11.4 Å². The van der Waals surface area contributed by atoms with Gasteiger partial charge in [0, 0.05) is 27.8 Å². The molecule has 0 atom stereocenters. The van der Waals surface area contributed by atoms with Crippen molar-refractivity contribution in [2.24, 2.45) is 0 Å². The molecular formula is C18H15FN2O2S2. The topological polar surface area (TPSA) is 51.2 Å². The summed E-state index contributed by atoms with van der Waals surface area (Å²) in [4.78, 5) is 18.9. The Morgan fingerprint density at radius 3 is 3.20 bits per heavy atom. The highest BCUT2D eigenvalue weighted by Crippen LogP contribution is 2.29. The number of halogens is 1. The highest BCUT2D eigenvalue weighted by molar-refractivity contribution is 7.15. The van der Waals surface area contributed by atoms with Crippen LogP contribution in [-0.4, -0.2) is 17.5 Å². The Labute approximate surface area is 152 Å². The summed E-state index contributed by atoms with van der Waals surface area (Å²) >= 11 is 2.97. The molecule has 2 aromatic heterocycles. The molecule has 0 saturated carbocycles. The van der Waals surface area contributed by atoms with Crippen LogP contribution in [0.5, 0.6) is 0 Å². The number of hydrogen-bond donors (Lipinski definition) is 1. The molecule has 128 valence electrons. The number of hydrogen-bond acceptors (Lipinski definition) is 5. The maximum Gasteiger partial charge on any atom is 0.258 e. The summed E-state index contributed by atoms with van der Waals surface area (Å²) in [6.45, 7) is 1.24. The van der Waals surface area contributed by atoms with Gasteiger partial charge in [-0.3, -0.25) is 10.1 Å². The first-order valence-electron chi connectivity index (χ1n) is 7.86. The van der Waals surface area contributed by atoms with Crippen molar-refractivity contribution < 1.29 is 13.9 Å². The Morgan fingerprint density at radius 1 is 1.40 bits per heavy atom. The van der Waals surface area contributed by atoms with Crippen molar-refractivity contribution in [2.45, 2.75) is 19.4 Å². The Kier molecular flexibility index (Phi) is 4.61. The number of thiazole rings is 1. The molecule has 1 N–H and O–H groups in total. The molecule has 0 aliphatic carbocycles. The largest absolute Gasteiger partial charge is 0.376 e. The van der Waals surface area contributed by atoms with Gasteiger partial charge < -0.3 is 4.74 Å². The van der Waals surface area contributed by atoms with E-state index in [4.69, 9.17) is 4.74 Å². The summed E-state index contributed by atoms with van der Waals surface area (Å²) in [5.74, 6) is -0.382. The molecule has 4 rings (SSSR count). The second-order valence-electron chi connectivity index (χ2n) is 5.75. The molecule has 0 saturated heterocycles. The molecule has 1 amide bonds. The van der Waals surface area contributed by atoms with Crippen molar-refractivity contribution >= 4 is 33.7 Å². The van der Waals surface area contributed by atoms with Gasteiger partial charge >= 0.3 is 0 Å². The second kappa shape index (κ2) is 7.03. The van der Waals surface area contributed by atoms with Crippen LogP contribution in [0.15, 0.2) is 35.8 Å². The van der Waals surface area contributed by atoms with Crippen LogP contribution in [0.3, 0.4) is 0 Å². The first-order valence-corrected chi connectivity index (χ1v) is 9.56. The van der Waals surface area contributed by atoms with Gasteiger partial charge in [0.15, 0.2) is 5.13 Å². The Bertz CT molecular complexity index is 919. The van der Waals surface area contributed by atoms with Crippen LogP contribution in [0.2, 0.25) is 0 Å². The van der Waals surface area contributed by atoms with Crippen LogP contribution >= 0.6 is 22.7 Å². The summed E-state index contributed by atoms with van der Waals surface area (Å²) in [7, 11) is 0. The van der Waals surface area contributed by atoms with E-state index >= 15 is 0 Å². The Balaban J connectivity index is 1.46. The lowest BCUT2D eigenvalue weighted by Crippen LogP contribution is -2.16. The minimum atomic E-state index is -0.248. The van der Waals surface area contributed by atoms with Crippen molar-refractivity contribution in [3.63, 3.8) is 0 Å². The van der Waals surface area contributed by atoms with Gasteiger partial charge in [-0.25, -0.2) is 9.37 Å². The van der Waals surface area contributed by atoms with E-state index in [9.17, 15) is 9.18 Å². The lowest BCUT2D eigenvalue weighted by molar-refractivity contribution is 0.101. The van der Waals surface area contributed by atoms with E-state index < -0.39 is 0 Å². The summed E-state index contributed by atoms with van der Waals surface area (Å²) in [6, 6.07) is 6.50. The van der Waals surface area contributed by atoms with Gasteiger partial charge in [-0.15, -0.1) is 22.7 Å². The summed E-state index contributed by atoms with van der Waals surface area (Å²) < 4.78 is 18.7. The Morgan fingerprint density at radius 2 is 2.32 bits per heavy atom. The van der Waals surface area contributed by atoms with Gasteiger partial charge in [0.25, 0.3) is 5.91 Å². The van der Waals surface area contributed by atoms with Crippen molar-refractivity contribution in [2.75, 3.05) is 11.9 Å². The monoisotopic (exact) mass is 374 g/mol. The number of benzene rings is 1. The molecule has 1 aromatic carbocycles. The van der Waals surface area contributed by atoms with Crippen LogP contribution in [0.25, 0.3) is 0 Å². The van der Waals surface area contributed by atoms with Gasteiger partial charge in [-0.05, 0) is 29.7 Å².